The molecule has 0 radical (unpaired) electrons. The van der Waals surface area contributed by atoms with Crippen molar-refractivity contribution in [1.82, 2.24) is 20.0 Å². The monoisotopic (exact) mass is 574 g/mol. The molecule has 3 rings (SSSR count). The molecule has 1 amide bonds. The summed E-state index contributed by atoms with van der Waals surface area (Å²) in [5.41, 5.74) is 0.432. The van der Waals surface area contributed by atoms with Gasteiger partial charge in [0.25, 0.3) is 0 Å². The Morgan fingerprint density at radius 1 is 1.03 bits per heavy atom. The topological polar surface area (TPSA) is 83.9 Å². The Kier molecular flexibility index (Phi) is 10.3. The highest BCUT2D eigenvalue weighted by molar-refractivity contribution is 14.0. The van der Waals surface area contributed by atoms with Gasteiger partial charge in [0, 0.05) is 72.5 Å². The van der Waals surface area contributed by atoms with E-state index in [1.807, 2.05) is 46.0 Å². The number of para-hydroxylation sites is 2. The van der Waals surface area contributed by atoms with Crippen molar-refractivity contribution in [2.75, 3.05) is 77.4 Å². The van der Waals surface area contributed by atoms with Crippen LogP contribution in [-0.2, 0) is 4.74 Å². The highest BCUT2D eigenvalue weighted by Crippen LogP contribution is 2.27. The second-order valence-electron chi connectivity index (χ2n) is 9.25. The summed E-state index contributed by atoms with van der Waals surface area (Å²) in [6.07, 6.45) is -0.223. The Morgan fingerprint density at radius 3 is 2.21 bits per heavy atom. The van der Waals surface area contributed by atoms with Gasteiger partial charge < -0.3 is 29.9 Å². The second-order valence-corrected chi connectivity index (χ2v) is 9.25. The number of benzene rings is 1. The minimum absolute atomic E-state index is 0. The molecule has 0 atom stereocenters. The summed E-state index contributed by atoms with van der Waals surface area (Å²) in [4.78, 5) is 25.3. The first-order valence-corrected chi connectivity index (χ1v) is 11.5. The van der Waals surface area contributed by atoms with E-state index in [1.54, 1.807) is 11.0 Å². The van der Waals surface area contributed by atoms with Crippen molar-refractivity contribution in [2.24, 2.45) is 4.99 Å². The smallest absolute Gasteiger partial charge is 0.410 e. The number of carbonyl (C=O) groups is 1. The zero-order chi connectivity index (χ0) is 23.1. The van der Waals surface area contributed by atoms with Crippen LogP contribution in [0.1, 0.15) is 20.8 Å². The Bertz CT molecular complexity index is 785. The fourth-order valence-corrected chi connectivity index (χ4v) is 4.03. The van der Waals surface area contributed by atoms with Crippen molar-refractivity contribution < 1.29 is 14.6 Å². The van der Waals surface area contributed by atoms with Crippen LogP contribution in [0.3, 0.4) is 0 Å². The SMILES string of the molecule is CN=C(NCCN1CCN(C(=O)OC(C)(C)C)CC1)N1CCN(c2ccccc2O)CC1.I. The van der Waals surface area contributed by atoms with Crippen LogP contribution in [0, 0.1) is 0 Å². The molecule has 2 fully saturated rings. The summed E-state index contributed by atoms with van der Waals surface area (Å²) in [5, 5.41) is 13.6. The van der Waals surface area contributed by atoms with Crippen LogP contribution >= 0.6 is 24.0 Å². The summed E-state index contributed by atoms with van der Waals surface area (Å²) in [7, 11) is 1.82. The third-order valence-electron chi connectivity index (χ3n) is 5.75. The number of rotatable bonds is 4. The fraction of sp³-hybridized carbons (Fsp3) is 0.652. The maximum absolute atomic E-state index is 12.2. The largest absolute Gasteiger partial charge is 0.506 e. The van der Waals surface area contributed by atoms with Gasteiger partial charge >= 0.3 is 6.09 Å². The number of hydrogen-bond donors (Lipinski definition) is 2. The van der Waals surface area contributed by atoms with E-state index in [2.05, 4.69) is 25.0 Å². The highest BCUT2D eigenvalue weighted by atomic mass is 127. The van der Waals surface area contributed by atoms with Gasteiger partial charge in [-0.2, -0.15) is 0 Å². The molecule has 0 spiro atoms. The summed E-state index contributed by atoms with van der Waals surface area (Å²) in [6, 6.07) is 7.49. The Hall–Kier alpha value is -1.95. The number of piperazine rings is 2. The van der Waals surface area contributed by atoms with E-state index in [1.165, 1.54) is 0 Å². The molecule has 9 nitrogen and oxygen atoms in total. The third kappa shape index (κ3) is 8.09. The van der Waals surface area contributed by atoms with E-state index in [9.17, 15) is 9.90 Å². The number of carbonyl (C=O) groups excluding carboxylic acids is 1. The highest BCUT2D eigenvalue weighted by Gasteiger charge is 2.26. The number of halogens is 1. The number of nitrogens with zero attached hydrogens (tertiary/aromatic N) is 5. The molecule has 2 aliphatic rings. The fourth-order valence-electron chi connectivity index (χ4n) is 4.03. The second kappa shape index (κ2) is 12.5. The molecule has 33 heavy (non-hydrogen) atoms. The minimum atomic E-state index is -0.457. The van der Waals surface area contributed by atoms with Gasteiger partial charge in [0.05, 0.1) is 5.69 Å². The molecule has 2 aliphatic heterocycles. The number of aliphatic imine (C=N–C) groups is 1. The lowest BCUT2D eigenvalue weighted by Crippen LogP contribution is -2.54. The zero-order valence-electron chi connectivity index (χ0n) is 20.3. The normalized spacial score (nSPS) is 18.1. The maximum atomic E-state index is 12.2. The number of aromatic hydroxyl groups is 1. The number of hydrogen-bond acceptors (Lipinski definition) is 6. The average Bonchev–Trinajstić information content (AvgIpc) is 2.77. The molecule has 1 aromatic carbocycles. The Morgan fingerprint density at radius 2 is 1.64 bits per heavy atom. The Balaban J connectivity index is 0.00000385. The molecule has 0 saturated carbocycles. The summed E-state index contributed by atoms with van der Waals surface area (Å²) >= 11 is 0. The number of guanidine groups is 1. The summed E-state index contributed by atoms with van der Waals surface area (Å²) < 4.78 is 5.47. The van der Waals surface area contributed by atoms with E-state index in [0.717, 1.165) is 64.0 Å². The van der Waals surface area contributed by atoms with Crippen molar-refractivity contribution in [2.45, 2.75) is 26.4 Å². The lowest BCUT2D eigenvalue weighted by molar-refractivity contribution is 0.0147. The number of nitrogens with one attached hydrogen (secondary N) is 1. The van der Waals surface area contributed by atoms with Gasteiger partial charge in [-0.25, -0.2) is 4.79 Å². The molecule has 2 N–H and O–H groups in total. The summed E-state index contributed by atoms with van der Waals surface area (Å²) in [6.45, 7) is 13.8. The van der Waals surface area contributed by atoms with Gasteiger partial charge in [-0.05, 0) is 32.9 Å². The molecule has 1 aromatic rings. The molecule has 10 heteroatoms. The van der Waals surface area contributed by atoms with Crippen LogP contribution in [0.25, 0.3) is 0 Å². The lowest BCUT2D eigenvalue weighted by atomic mass is 10.2. The van der Waals surface area contributed by atoms with Gasteiger partial charge in [0.2, 0.25) is 0 Å². The number of phenols is 1. The maximum Gasteiger partial charge on any atom is 0.410 e. The lowest BCUT2D eigenvalue weighted by Gasteiger charge is -2.38. The standard InChI is InChI=1S/C23H38N6O3.HI/c1-23(2,3)32-22(31)29-13-11-26(12-14-29)10-9-25-21(24-4)28-17-15-27(16-18-28)19-7-5-6-8-20(19)30;/h5-8,30H,9-18H2,1-4H3,(H,24,25);1H. The number of amides is 1. The summed E-state index contributed by atoms with van der Waals surface area (Å²) in [5.74, 6) is 1.24. The molecule has 186 valence electrons. The van der Waals surface area contributed by atoms with Gasteiger partial charge in [0.15, 0.2) is 5.96 Å². The van der Waals surface area contributed by atoms with Crippen LogP contribution in [0.15, 0.2) is 29.3 Å². The number of phenolic OH excluding ortho intramolecular Hbond substituents is 1. The van der Waals surface area contributed by atoms with Crippen molar-refractivity contribution in [3.8, 4) is 5.75 Å². The van der Waals surface area contributed by atoms with Crippen molar-refractivity contribution >= 4 is 41.7 Å². The predicted octanol–water partition coefficient (Wildman–Crippen LogP) is 2.26. The van der Waals surface area contributed by atoms with Gasteiger partial charge in [-0.3, -0.25) is 9.89 Å². The molecule has 0 unspecified atom stereocenters. The first kappa shape index (κ1) is 27.3. The van der Waals surface area contributed by atoms with E-state index in [0.29, 0.717) is 18.8 Å². The average molecular weight is 575 g/mol. The van der Waals surface area contributed by atoms with E-state index < -0.39 is 5.60 Å². The van der Waals surface area contributed by atoms with E-state index in [-0.39, 0.29) is 30.1 Å². The first-order valence-electron chi connectivity index (χ1n) is 11.5. The van der Waals surface area contributed by atoms with Crippen molar-refractivity contribution in [1.29, 1.82) is 0 Å². The molecular weight excluding hydrogens is 535 g/mol. The zero-order valence-corrected chi connectivity index (χ0v) is 22.6. The van der Waals surface area contributed by atoms with Crippen molar-refractivity contribution in [3.05, 3.63) is 24.3 Å². The van der Waals surface area contributed by atoms with Gasteiger partial charge in [-0.15, -0.1) is 24.0 Å². The molecule has 2 heterocycles. The first-order chi connectivity index (χ1) is 15.3. The van der Waals surface area contributed by atoms with Crippen LogP contribution in [0.4, 0.5) is 10.5 Å². The van der Waals surface area contributed by atoms with Crippen molar-refractivity contribution in [3.63, 3.8) is 0 Å². The molecule has 0 aliphatic carbocycles. The minimum Gasteiger partial charge on any atom is -0.506 e. The third-order valence-corrected chi connectivity index (χ3v) is 5.75. The van der Waals surface area contributed by atoms with E-state index >= 15 is 0 Å². The van der Waals surface area contributed by atoms with E-state index in [4.69, 9.17) is 4.74 Å². The molecule has 2 saturated heterocycles. The van der Waals surface area contributed by atoms with Crippen LogP contribution in [0.2, 0.25) is 0 Å². The quantitative estimate of drug-likeness (QED) is 0.325. The van der Waals surface area contributed by atoms with Gasteiger partial charge in [0.1, 0.15) is 11.4 Å². The van der Waals surface area contributed by atoms with Crippen LogP contribution in [0.5, 0.6) is 5.75 Å². The molecule has 0 aromatic heterocycles. The van der Waals surface area contributed by atoms with Crippen LogP contribution in [-0.4, -0.2) is 110 Å². The number of anilines is 1. The Labute approximate surface area is 214 Å². The molecule has 0 bridgehead atoms. The predicted molar refractivity (Wildman–Crippen MR) is 143 cm³/mol. The van der Waals surface area contributed by atoms with Gasteiger partial charge in [-0.1, -0.05) is 12.1 Å². The number of ether oxygens (including phenoxy) is 1. The molecular formula is C23H39IN6O3. The van der Waals surface area contributed by atoms with Crippen LogP contribution < -0.4 is 10.2 Å².